The molecule has 1 aliphatic rings. The summed E-state index contributed by atoms with van der Waals surface area (Å²) in [5.41, 5.74) is 0.912. The van der Waals surface area contributed by atoms with Gasteiger partial charge in [0.25, 0.3) is 0 Å². The molecular weight excluding hydrogens is 376 g/mol. The number of sulfonamides is 1. The summed E-state index contributed by atoms with van der Waals surface area (Å²) in [6, 6.07) is 14.8. The van der Waals surface area contributed by atoms with Crippen molar-refractivity contribution in [1.82, 2.24) is 9.62 Å². The second-order valence-corrected chi connectivity index (χ2v) is 8.51. The predicted octanol–water partition coefficient (Wildman–Crippen LogP) is 2.60. The minimum Gasteiger partial charge on any atom is -0.494 e. The summed E-state index contributed by atoms with van der Waals surface area (Å²) in [5, 5.41) is 0. The quantitative estimate of drug-likeness (QED) is 0.736. The van der Waals surface area contributed by atoms with Crippen molar-refractivity contribution in [3.63, 3.8) is 0 Å². The highest BCUT2D eigenvalue weighted by atomic mass is 32.2. The Labute approximate surface area is 166 Å². The molecule has 2 aromatic carbocycles. The number of benzene rings is 2. The molecule has 0 spiro atoms. The van der Waals surface area contributed by atoms with Gasteiger partial charge in [0.1, 0.15) is 11.8 Å². The van der Waals surface area contributed by atoms with Gasteiger partial charge in [-0.2, -0.15) is 4.72 Å². The van der Waals surface area contributed by atoms with Crippen LogP contribution in [-0.4, -0.2) is 45.0 Å². The van der Waals surface area contributed by atoms with Crippen LogP contribution < -0.4 is 9.46 Å². The average molecular weight is 403 g/mol. The number of likely N-dealkylation sites (tertiary alicyclic amines) is 1. The molecule has 1 heterocycles. The van der Waals surface area contributed by atoms with Crippen molar-refractivity contribution < 1.29 is 17.9 Å². The number of hydrogen-bond acceptors (Lipinski definition) is 4. The molecule has 1 N–H and O–H groups in total. The smallest absolute Gasteiger partial charge is 0.241 e. The third-order valence-electron chi connectivity index (χ3n) is 4.74. The molecule has 0 radical (unpaired) electrons. The van der Waals surface area contributed by atoms with E-state index in [1.54, 1.807) is 17.0 Å². The SMILES string of the molecule is CCOc1ccc(S(=O)(=O)NC(Cc2ccccc2)C(=O)N2CCCC2)cc1. The van der Waals surface area contributed by atoms with Gasteiger partial charge in [-0.3, -0.25) is 4.79 Å². The molecule has 0 bridgehead atoms. The van der Waals surface area contributed by atoms with Crippen LogP contribution in [0.2, 0.25) is 0 Å². The number of nitrogens with one attached hydrogen (secondary N) is 1. The molecule has 1 unspecified atom stereocenters. The Hall–Kier alpha value is -2.38. The van der Waals surface area contributed by atoms with Crippen molar-refractivity contribution >= 4 is 15.9 Å². The highest BCUT2D eigenvalue weighted by molar-refractivity contribution is 7.89. The van der Waals surface area contributed by atoms with Crippen molar-refractivity contribution in [3.8, 4) is 5.75 Å². The number of hydrogen-bond donors (Lipinski definition) is 1. The molecule has 0 aromatic heterocycles. The molecule has 150 valence electrons. The first-order valence-electron chi connectivity index (χ1n) is 9.57. The van der Waals surface area contributed by atoms with Gasteiger partial charge in [0.2, 0.25) is 15.9 Å². The van der Waals surface area contributed by atoms with Crippen molar-refractivity contribution in [2.24, 2.45) is 0 Å². The van der Waals surface area contributed by atoms with Crippen molar-refractivity contribution in [3.05, 3.63) is 60.2 Å². The fourth-order valence-electron chi connectivity index (χ4n) is 3.32. The summed E-state index contributed by atoms with van der Waals surface area (Å²) < 4.78 is 33.8. The molecule has 0 aliphatic carbocycles. The van der Waals surface area contributed by atoms with E-state index < -0.39 is 16.1 Å². The normalized spacial score (nSPS) is 15.4. The highest BCUT2D eigenvalue weighted by Gasteiger charge is 2.30. The van der Waals surface area contributed by atoms with Gasteiger partial charge in [-0.1, -0.05) is 30.3 Å². The van der Waals surface area contributed by atoms with Crippen LogP contribution in [0.15, 0.2) is 59.5 Å². The van der Waals surface area contributed by atoms with Gasteiger partial charge >= 0.3 is 0 Å². The minimum absolute atomic E-state index is 0.114. The molecule has 6 nitrogen and oxygen atoms in total. The number of rotatable bonds is 8. The van der Waals surface area contributed by atoms with Crippen molar-refractivity contribution in [2.75, 3.05) is 19.7 Å². The molecule has 1 saturated heterocycles. The number of ether oxygens (including phenoxy) is 1. The monoisotopic (exact) mass is 402 g/mol. The summed E-state index contributed by atoms with van der Waals surface area (Å²) in [6.45, 7) is 3.72. The second-order valence-electron chi connectivity index (χ2n) is 6.80. The lowest BCUT2D eigenvalue weighted by atomic mass is 10.1. The Kier molecular flexibility index (Phi) is 6.70. The molecule has 2 aromatic rings. The lowest BCUT2D eigenvalue weighted by molar-refractivity contribution is -0.131. The molecular formula is C21H26N2O4S. The van der Waals surface area contributed by atoms with Crippen LogP contribution >= 0.6 is 0 Å². The Morgan fingerprint density at radius 1 is 1.07 bits per heavy atom. The fraction of sp³-hybridized carbons (Fsp3) is 0.381. The maximum absolute atomic E-state index is 13.0. The van der Waals surface area contributed by atoms with Crippen molar-refractivity contribution in [1.29, 1.82) is 0 Å². The van der Waals surface area contributed by atoms with E-state index in [-0.39, 0.29) is 10.8 Å². The number of amides is 1. The van der Waals surface area contributed by atoms with Gasteiger partial charge in [-0.15, -0.1) is 0 Å². The van der Waals surface area contributed by atoms with Crippen LogP contribution in [0.4, 0.5) is 0 Å². The van der Waals surface area contributed by atoms with E-state index in [0.29, 0.717) is 31.9 Å². The van der Waals surface area contributed by atoms with E-state index in [1.165, 1.54) is 12.1 Å². The zero-order valence-corrected chi connectivity index (χ0v) is 16.8. The topological polar surface area (TPSA) is 75.7 Å². The number of nitrogens with zero attached hydrogens (tertiary/aromatic N) is 1. The molecule has 7 heteroatoms. The first-order valence-corrected chi connectivity index (χ1v) is 11.1. The zero-order valence-electron chi connectivity index (χ0n) is 16.0. The third-order valence-corrected chi connectivity index (χ3v) is 6.23. The van der Waals surface area contributed by atoms with Crippen LogP contribution in [0.1, 0.15) is 25.3 Å². The van der Waals surface area contributed by atoms with E-state index >= 15 is 0 Å². The number of carbonyl (C=O) groups excluding carboxylic acids is 1. The summed E-state index contributed by atoms with van der Waals surface area (Å²) >= 11 is 0. The minimum atomic E-state index is -3.84. The van der Waals surface area contributed by atoms with Gasteiger partial charge in [-0.25, -0.2) is 8.42 Å². The van der Waals surface area contributed by atoms with Gasteiger partial charge in [-0.05, 0) is 56.0 Å². The Bertz CT molecular complexity index is 876. The van der Waals surface area contributed by atoms with Gasteiger partial charge in [0.05, 0.1) is 11.5 Å². The maximum atomic E-state index is 13.0. The van der Waals surface area contributed by atoms with E-state index in [9.17, 15) is 13.2 Å². The van der Waals surface area contributed by atoms with E-state index in [4.69, 9.17) is 4.74 Å². The maximum Gasteiger partial charge on any atom is 0.241 e. The van der Waals surface area contributed by atoms with Crippen LogP contribution in [0.3, 0.4) is 0 Å². The summed E-state index contributed by atoms with van der Waals surface area (Å²) in [4.78, 5) is 14.8. The molecule has 0 saturated carbocycles. The molecule has 3 rings (SSSR count). The predicted molar refractivity (Wildman–Crippen MR) is 108 cm³/mol. The molecule has 1 aliphatic heterocycles. The summed E-state index contributed by atoms with van der Waals surface area (Å²) in [6.07, 6.45) is 2.22. The van der Waals surface area contributed by atoms with Crippen molar-refractivity contribution in [2.45, 2.75) is 37.1 Å². The third kappa shape index (κ3) is 5.11. The first kappa shape index (κ1) is 20.4. The van der Waals surface area contributed by atoms with Gasteiger partial charge < -0.3 is 9.64 Å². The zero-order chi connectivity index (χ0) is 20.0. The van der Waals surface area contributed by atoms with E-state index in [0.717, 1.165) is 18.4 Å². The van der Waals surface area contributed by atoms with Crippen LogP contribution in [0.25, 0.3) is 0 Å². The van der Waals surface area contributed by atoms with Gasteiger partial charge in [0, 0.05) is 13.1 Å². The molecule has 1 atom stereocenters. The summed E-state index contributed by atoms with van der Waals surface area (Å²) in [7, 11) is -3.84. The highest BCUT2D eigenvalue weighted by Crippen LogP contribution is 2.18. The molecule has 28 heavy (non-hydrogen) atoms. The average Bonchev–Trinajstić information content (AvgIpc) is 3.23. The molecule has 1 amide bonds. The standard InChI is InChI=1S/C21H26N2O4S/c1-2-27-18-10-12-19(13-11-18)28(25,26)22-20(16-17-8-4-3-5-9-17)21(24)23-14-6-7-15-23/h3-5,8-13,20,22H,2,6-7,14-16H2,1H3. The Balaban J connectivity index is 1.81. The fourth-order valence-corrected chi connectivity index (χ4v) is 4.51. The molecule has 1 fully saturated rings. The van der Waals surface area contributed by atoms with Crippen LogP contribution in [0, 0.1) is 0 Å². The number of carbonyl (C=O) groups is 1. The summed E-state index contributed by atoms with van der Waals surface area (Å²) in [5.74, 6) is 0.436. The first-order chi connectivity index (χ1) is 13.5. The van der Waals surface area contributed by atoms with Crippen LogP contribution in [-0.2, 0) is 21.2 Å². The second kappa shape index (κ2) is 9.21. The Morgan fingerprint density at radius 2 is 1.71 bits per heavy atom. The largest absolute Gasteiger partial charge is 0.494 e. The van der Waals surface area contributed by atoms with E-state index in [2.05, 4.69) is 4.72 Å². The Morgan fingerprint density at radius 3 is 2.32 bits per heavy atom. The lowest BCUT2D eigenvalue weighted by Gasteiger charge is -2.24. The lowest BCUT2D eigenvalue weighted by Crippen LogP contribution is -2.48. The van der Waals surface area contributed by atoms with Gasteiger partial charge in [0.15, 0.2) is 0 Å². The van der Waals surface area contributed by atoms with E-state index in [1.807, 2.05) is 37.3 Å². The van der Waals surface area contributed by atoms with Crippen LogP contribution in [0.5, 0.6) is 5.75 Å².